The van der Waals surface area contributed by atoms with Gasteiger partial charge in [0.2, 0.25) is 6.08 Å². The van der Waals surface area contributed by atoms with E-state index >= 15 is 0 Å². The van der Waals surface area contributed by atoms with E-state index in [1.54, 1.807) is 0 Å². The van der Waals surface area contributed by atoms with Crippen molar-refractivity contribution in [3.8, 4) is 0 Å². The summed E-state index contributed by atoms with van der Waals surface area (Å²) in [7, 11) is 0. The summed E-state index contributed by atoms with van der Waals surface area (Å²) in [6, 6.07) is 3.42. The first kappa shape index (κ1) is 13.3. The van der Waals surface area contributed by atoms with Gasteiger partial charge in [-0.05, 0) is 37.0 Å². The van der Waals surface area contributed by atoms with E-state index in [1.165, 1.54) is 12.1 Å². The Labute approximate surface area is 110 Å². The number of alkyl halides is 3. The van der Waals surface area contributed by atoms with Gasteiger partial charge in [-0.2, -0.15) is 18.2 Å². The summed E-state index contributed by atoms with van der Waals surface area (Å²) >= 11 is 3.13. The molecule has 1 saturated carbocycles. The number of aliphatic imine (C=N–C) groups is 1. The minimum atomic E-state index is -4.37. The highest BCUT2D eigenvalue weighted by Crippen LogP contribution is 2.48. The second-order valence-electron chi connectivity index (χ2n) is 4.28. The average Bonchev–Trinajstić information content (AvgIpc) is 2.22. The van der Waals surface area contributed by atoms with Crippen molar-refractivity contribution in [3.05, 3.63) is 33.8 Å². The van der Waals surface area contributed by atoms with Crippen LogP contribution >= 0.6 is 15.9 Å². The molecule has 0 heterocycles. The van der Waals surface area contributed by atoms with E-state index in [0.29, 0.717) is 22.9 Å². The lowest BCUT2D eigenvalue weighted by Gasteiger charge is -2.37. The molecule has 18 heavy (non-hydrogen) atoms. The van der Waals surface area contributed by atoms with Crippen LogP contribution in [0.4, 0.5) is 13.2 Å². The lowest BCUT2D eigenvalue weighted by molar-refractivity contribution is -0.137. The highest BCUT2D eigenvalue weighted by atomic mass is 79.9. The van der Waals surface area contributed by atoms with Crippen molar-refractivity contribution >= 4 is 22.0 Å². The second kappa shape index (κ2) is 4.52. The van der Waals surface area contributed by atoms with E-state index in [2.05, 4.69) is 20.9 Å². The van der Waals surface area contributed by atoms with E-state index < -0.39 is 17.3 Å². The van der Waals surface area contributed by atoms with Gasteiger partial charge in [-0.25, -0.2) is 4.79 Å². The first-order valence-corrected chi connectivity index (χ1v) is 6.15. The van der Waals surface area contributed by atoms with Crippen LogP contribution in [-0.2, 0) is 16.5 Å². The fraction of sp³-hybridized carbons (Fsp3) is 0.417. The molecule has 1 aliphatic carbocycles. The Kier molecular flexibility index (Phi) is 3.34. The van der Waals surface area contributed by atoms with Gasteiger partial charge in [-0.3, -0.25) is 0 Å². The summed E-state index contributed by atoms with van der Waals surface area (Å²) in [4.78, 5) is 14.2. The summed E-state index contributed by atoms with van der Waals surface area (Å²) in [6.45, 7) is 0. The lowest BCUT2D eigenvalue weighted by Crippen LogP contribution is -2.32. The average molecular weight is 320 g/mol. The molecule has 6 heteroatoms. The Bertz CT molecular complexity index is 517. The molecule has 2 nitrogen and oxygen atoms in total. The van der Waals surface area contributed by atoms with Crippen LogP contribution in [0.5, 0.6) is 0 Å². The van der Waals surface area contributed by atoms with Crippen molar-refractivity contribution < 1.29 is 18.0 Å². The Morgan fingerprint density at radius 3 is 2.39 bits per heavy atom. The third-order valence-electron chi connectivity index (χ3n) is 3.24. The number of hydrogen-bond donors (Lipinski definition) is 0. The Morgan fingerprint density at radius 1 is 1.33 bits per heavy atom. The third kappa shape index (κ3) is 2.22. The van der Waals surface area contributed by atoms with Crippen molar-refractivity contribution in [2.75, 3.05) is 0 Å². The van der Waals surface area contributed by atoms with E-state index in [0.717, 1.165) is 18.6 Å². The second-order valence-corrected chi connectivity index (χ2v) is 5.13. The fourth-order valence-corrected chi connectivity index (χ4v) is 2.86. The van der Waals surface area contributed by atoms with E-state index in [4.69, 9.17) is 0 Å². The zero-order chi connectivity index (χ0) is 13.4. The molecule has 1 aliphatic rings. The monoisotopic (exact) mass is 319 g/mol. The quantitative estimate of drug-likeness (QED) is 0.594. The van der Waals surface area contributed by atoms with Crippen molar-refractivity contribution in [1.82, 2.24) is 0 Å². The molecule has 0 spiro atoms. The first-order chi connectivity index (χ1) is 8.39. The van der Waals surface area contributed by atoms with Gasteiger partial charge < -0.3 is 0 Å². The Hall–Kier alpha value is -1.13. The van der Waals surface area contributed by atoms with Crippen LogP contribution in [-0.4, -0.2) is 6.08 Å². The predicted octanol–water partition coefficient (Wildman–Crippen LogP) is 4.18. The van der Waals surface area contributed by atoms with Gasteiger partial charge in [0.25, 0.3) is 0 Å². The molecule has 0 atom stereocenters. The highest BCUT2D eigenvalue weighted by molar-refractivity contribution is 9.10. The largest absolute Gasteiger partial charge is 0.416 e. The molecule has 0 bridgehead atoms. The highest BCUT2D eigenvalue weighted by Gasteiger charge is 2.41. The maximum atomic E-state index is 12.5. The van der Waals surface area contributed by atoms with Crippen molar-refractivity contribution in [2.24, 2.45) is 4.99 Å². The minimum absolute atomic E-state index is 0.330. The molecule has 2 rings (SSSR count). The first-order valence-electron chi connectivity index (χ1n) is 5.35. The van der Waals surface area contributed by atoms with Gasteiger partial charge in [0.05, 0.1) is 11.1 Å². The molecule has 0 aliphatic heterocycles. The van der Waals surface area contributed by atoms with Crippen LogP contribution in [0, 0.1) is 0 Å². The van der Waals surface area contributed by atoms with Crippen LogP contribution in [0.15, 0.2) is 27.7 Å². The van der Waals surface area contributed by atoms with E-state index in [1.807, 2.05) is 0 Å². The maximum absolute atomic E-state index is 12.5. The number of isocyanates is 1. The van der Waals surface area contributed by atoms with Gasteiger partial charge in [0, 0.05) is 4.47 Å². The molecular formula is C12H9BrF3NO. The van der Waals surface area contributed by atoms with Gasteiger partial charge in [0.15, 0.2) is 0 Å². The zero-order valence-electron chi connectivity index (χ0n) is 9.22. The van der Waals surface area contributed by atoms with Gasteiger partial charge in [0.1, 0.15) is 0 Å². The number of benzene rings is 1. The SMILES string of the molecule is O=C=NC1(c2ccc(C(F)(F)F)cc2Br)CCC1. The van der Waals surface area contributed by atoms with Crippen LogP contribution in [0.3, 0.4) is 0 Å². The molecule has 0 unspecified atom stereocenters. The molecular weight excluding hydrogens is 311 g/mol. The molecule has 1 aromatic carbocycles. The van der Waals surface area contributed by atoms with Gasteiger partial charge >= 0.3 is 6.18 Å². The van der Waals surface area contributed by atoms with Crippen molar-refractivity contribution in [1.29, 1.82) is 0 Å². The summed E-state index contributed by atoms with van der Waals surface area (Å²) in [6.07, 6.45) is -0.641. The molecule has 1 fully saturated rings. The standard InChI is InChI=1S/C12H9BrF3NO/c13-10-6-8(12(14,15)16)2-3-9(10)11(17-7-18)4-1-5-11/h2-3,6H,1,4-5H2. The van der Waals surface area contributed by atoms with Crippen LogP contribution in [0.25, 0.3) is 0 Å². The van der Waals surface area contributed by atoms with Crippen LogP contribution in [0.2, 0.25) is 0 Å². The molecule has 96 valence electrons. The molecule has 1 aromatic rings. The smallest absolute Gasteiger partial charge is 0.211 e. The minimum Gasteiger partial charge on any atom is -0.211 e. The molecule has 0 radical (unpaired) electrons. The van der Waals surface area contributed by atoms with E-state index in [9.17, 15) is 18.0 Å². The van der Waals surface area contributed by atoms with Gasteiger partial charge in [-0.1, -0.05) is 22.0 Å². The Morgan fingerprint density at radius 2 is 2.00 bits per heavy atom. The topological polar surface area (TPSA) is 29.4 Å². The third-order valence-corrected chi connectivity index (χ3v) is 3.89. The zero-order valence-corrected chi connectivity index (χ0v) is 10.8. The summed E-state index contributed by atoms with van der Waals surface area (Å²) < 4.78 is 37.9. The van der Waals surface area contributed by atoms with E-state index in [-0.39, 0.29) is 0 Å². The molecule has 0 saturated heterocycles. The number of carbonyl (C=O) groups excluding carboxylic acids is 1. The summed E-state index contributed by atoms with van der Waals surface area (Å²) in [5, 5.41) is 0. The van der Waals surface area contributed by atoms with Gasteiger partial charge in [-0.15, -0.1) is 0 Å². The molecule has 0 N–H and O–H groups in total. The van der Waals surface area contributed by atoms with Crippen molar-refractivity contribution in [3.63, 3.8) is 0 Å². The molecule has 0 amide bonds. The normalized spacial score (nSPS) is 17.8. The van der Waals surface area contributed by atoms with Crippen molar-refractivity contribution in [2.45, 2.75) is 31.0 Å². The lowest BCUT2D eigenvalue weighted by atomic mass is 9.72. The number of nitrogens with zero attached hydrogens (tertiary/aromatic N) is 1. The number of rotatable bonds is 2. The van der Waals surface area contributed by atoms with Crippen LogP contribution < -0.4 is 0 Å². The maximum Gasteiger partial charge on any atom is 0.416 e. The summed E-state index contributed by atoms with van der Waals surface area (Å²) in [5.74, 6) is 0. The molecule has 0 aromatic heterocycles. The number of halogens is 4. The summed E-state index contributed by atoms with van der Waals surface area (Å²) in [5.41, 5.74) is -0.794. The van der Waals surface area contributed by atoms with Crippen LogP contribution in [0.1, 0.15) is 30.4 Å². The predicted molar refractivity (Wildman–Crippen MR) is 62.8 cm³/mol. The number of hydrogen-bond acceptors (Lipinski definition) is 2. The fourth-order valence-electron chi connectivity index (χ4n) is 2.11. The Balaban J connectivity index is 2.45.